The third-order valence-corrected chi connectivity index (χ3v) is 10.1. The molecule has 4 amide bonds. The molecular weight excluding hydrogens is 546 g/mol. The molecule has 2 saturated heterocycles. The number of hydrogen-bond donors (Lipinski definition) is 3. The predicted octanol–water partition coefficient (Wildman–Crippen LogP) is 3.33. The first kappa shape index (κ1) is 31.3. The zero-order valence-electron chi connectivity index (χ0n) is 26.0. The van der Waals surface area contributed by atoms with Crippen LogP contribution in [0, 0.1) is 11.8 Å². The molecule has 4 bridgehead atoms. The van der Waals surface area contributed by atoms with E-state index in [2.05, 4.69) is 30.2 Å². The minimum Gasteiger partial charge on any atom is -0.444 e. The molecule has 0 aromatic rings. The van der Waals surface area contributed by atoms with E-state index in [4.69, 9.17) is 10.5 Å². The highest BCUT2D eigenvalue weighted by molar-refractivity contribution is 5.97. The van der Waals surface area contributed by atoms with E-state index in [1.165, 1.54) is 16.7 Å². The van der Waals surface area contributed by atoms with Gasteiger partial charge in [0, 0.05) is 31.5 Å². The summed E-state index contributed by atoms with van der Waals surface area (Å²) >= 11 is 0. The molecule has 5 aliphatic rings. The molecule has 10 nitrogen and oxygen atoms in total. The molecule has 236 valence electrons. The molecule has 3 fully saturated rings. The lowest BCUT2D eigenvalue weighted by molar-refractivity contribution is -0.142. The van der Waals surface area contributed by atoms with Crippen molar-refractivity contribution >= 4 is 23.8 Å². The molecule has 0 aromatic carbocycles. The van der Waals surface area contributed by atoms with E-state index in [1.54, 1.807) is 15.9 Å². The number of rotatable bonds is 5. The van der Waals surface area contributed by atoms with Crippen LogP contribution in [0.3, 0.4) is 0 Å². The number of carbonyl (C=O) groups excluding carboxylic acids is 4. The Hall–Kier alpha value is -3.14. The lowest BCUT2D eigenvalue weighted by Crippen LogP contribution is -2.58. The topological polar surface area (TPSA) is 134 Å². The van der Waals surface area contributed by atoms with Gasteiger partial charge in [0.2, 0.25) is 17.7 Å². The third-order valence-electron chi connectivity index (χ3n) is 10.1. The fraction of sp³-hybridized carbons (Fsp3) is 0.697. The Labute approximate surface area is 255 Å². The van der Waals surface area contributed by atoms with Gasteiger partial charge in [-0.2, -0.15) is 0 Å². The first-order valence-corrected chi connectivity index (χ1v) is 16.2. The maximum Gasteiger partial charge on any atom is 0.410 e. The van der Waals surface area contributed by atoms with Crippen LogP contribution in [0.25, 0.3) is 0 Å². The summed E-state index contributed by atoms with van der Waals surface area (Å²) in [7, 11) is 0. The lowest BCUT2D eigenvalue weighted by Gasteiger charge is -2.32. The minimum absolute atomic E-state index is 0.0248. The van der Waals surface area contributed by atoms with E-state index in [1.807, 2.05) is 13.8 Å². The van der Waals surface area contributed by atoms with Crippen molar-refractivity contribution < 1.29 is 23.9 Å². The maximum absolute atomic E-state index is 14.1. The van der Waals surface area contributed by atoms with Crippen molar-refractivity contribution in [3.63, 3.8) is 0 Å². The molecule has 6 atom stereocenters. The van der Waals surface area contributed by atoms with Gasteiger partial charge >= 0.3 is 6.09 Å². The number of primary amides is 1. The van der Waals surface area contributed by atoms with Gasteiger partial charge in [-0.25, -0.2) is 4.79 Å². The highest BCUT2D eigenvalue weighted by Crippen LogP contribution is 2.44. The van der Waals surface area contributed by atoms with Crippen molar-refractivity contribution in [1.82, 2.24) is 20.4 Å². The Morgan fingerprint density at radius 2 is 1.95 bits per heavy atom. The van der Waals surface area contributed by atoms with Crippen LogP contribution < -0.4 is 16.4 Å². The average Bonchev–Trinajstić information content (AvgIpc) is 3.27. The van der Waals surface area contributed by atoms with Crippen molar-refractivity contribution in [3.8, 4) is 0 Å². The van der Waals surface area contributed by atoms with Crippen LogP contribution in [-0.2, 0) is 19.1 Å². The molecule has 4 N–H and O–H groups in total. The van der Waals surface area contributed by atoms with Gasteiger partial charge < -0.3 is 26.0 Å². The second kappa shape index (κ2) is 12.8. The second-order valence-corrected chi connectivity index (χ2v) is 13.6. The first-order chi connectivity index (χ1) is 20.5. The second-order valence-electron chi connectivity index (χ2n) is 13.6. The SMILES string of the molecule is C=C[C@@H]1C[C@]1(NC(=O)[C@@H]1CC2CN1C(=O)[C@H](C(C)C)NC(C)CCCCCCC1=CCCC3=C1CN(C3)C(=O)O2)C(N)=O. The summed E-state index contributed by atoms with van der Waals surface area (Å²) in [6, 6.07) is -1.28. The van der Waals surface area contributed by atoms with Crippen LogP contribution in [-0.4, -0.2) is 83.0 Å². The number of ether oxygens (including phenoxy) is 1. The van der Waals surface area contributed by atoms with Crippen LogP contribution in [0.2, 0.25) is 0 Å². The summed E-state index contributed by atoms with van der Waals surface area (Å²) in [5.41, 5.74) is 8.48. The van der Waals surface area contributed by atoms with Gasteiger partial charge in [-0.05, 0) is 68.1 Å². The van der Waals surface area contributed by atoms with E-state index < -0.39 is 41.6 Å². The number of fused-ring (bicyclic) bond motifs is 3. The van der Waals surface area contributed by atoms with Gasteiger partial charge in [0.1, 0.15) is 17.7 Å². The summed E-state index contributed by atoms with van der Waals surface area (Å²) in [5, 5.41) is 6.38. The fourth-order valence-corrected chi connectivity index (χ4v) is 7.36. The number of hydrogen-bond acceptors (Lipinski definition) is 6. The van der Waals surface area contributed by atoms with Crippen molar-refractivity contribution in [2.45, 2.75) is 115 Å². The van der Waals surface area contributed by atoms with Gasteiger partial charge in [-0.3, -0.25) is 19.3 Å². The van der Waals surface area contributed by atoms with Gasteiger partial charge in [0.25, 0.3) is 0 Å². The predicted molar refractivity (Wildman–Crippen MR) is 164 cm³/mol. The van der Waals surface area contributed by atoms with E-state index in [9.17, 15) is 19.2 Å². The largest absolute Gasteiger partial charge is 0.444 e. The summed E-state index contributed by atoms with van der Waals surface area (Å²) < 4.78 is 6.01. The number of nitrogens with one attached hydrogen (secondary N) is 2. The Morgan fingerprint density at radius 1 is 1.19 bits per heavy atom. The number of nitrogens with two attached hydrogens (primary N) is 1. The molecule has 1 saturated carbocycles. The Bertz CT molecular complexity index is 1210. The zero-order valence-corrected chi connectivity index (χ0v) is 26.0. The van der Waals surface area contributed by atoms with E-state index >= 15 is 0 Å². The van der Waals surface area contributed by atoms with Crippen LogP contribution in [0.4, 0.5) is 4.79 Å². The molecule has 3 heterocycles. The van der Waals surface area contributed by atoms with Crippen molar-refractivity contribution in [2.24, 2.45) is 17.6 Å². The summed E-state index contributed by atoms with van der Waals surface area (Å²) in [5.74, 6) is -1.55. The smallest absolute Gasteiger partial charge is 0.410 e. The van der Waals surface area contributed by atoms with E-state index in [0.717, 1.165) is 51.4 Å². The van der Waals surface area contributed by atoms with E-state index in [0.29, 0.717) is 19.5 Å². The van der Waals surface area contributed by atoms with Crippen LogP contribution in [0.1, 0.15) is 85.0 Å². The van der Waals surface area contributed by atoms with Crippen LogP contribution in [0.5, 0.6) is 0 Å². The monoisotopic (exact) mass is 595 g/mol. The lowest BCUT2D eigenvalue weighted by atomic mass is 9.89. The summed E-state index contributed by atoms with van der Waals surface area (Å²) in [6.45, 7) is 11.1. The van der Waals surface area contributed by atoms with Crippen LogP contribution >= 0.6 is 0 Å². The number of allylic oxidation sites excluding steroid dienone is 1. The molecule has 2 unspecified atom stereocenters. The molecule has 10 heteroatoms. The number of nitrogens with zero attached hydrogens (tertiary/aromatic N) is 2. The molecule has 43 heavy (non-hydrogen) atoms. The standard InChI is InChI=1S/C33H49N5O5/c1-5-24-16-33(24,31(34)41)36-29(39)27-15-25-18-38(27)30(40)28(20(2)3)35-21(4)11-8-6-7-9-12-22-13-10-14-23-17-37(19-26(22)23)32(42)43-25/h5,13,20-21,24-25,27-28,35H,1,6-12,14-19H2,2-4H3,(H2,34,41)(H,36,39)/t21?,24-,25?,27+,28+,33-/m1/s1. The van der Waals surface area contributed by atoms with Gasteiger partial charge in [0.15, 0.2) is 0 Å². The molecule has 5 rings (SSSR count). The van der Waals surface area contributed by atoms with Gasteiger partial charge in [-0.15, -0.1) is 6.58 Å². The number of amides is 4. The minimum atomic E-state index is -1.19. The molecular formula is C33H49N5O5. The normalized spacial score (nSPS) is 33.8. The molecule has 0 aromatic heterocycles. The highest BCUT2D eigenvalue weighted by Gasteiger charge is 2.60. The third kappa shape index (κ3) is 6.54. The number of carbonyl (C=O) groups is 4. The molecule has 2 aliphatic carbocycles. The fourth-order valence-electron chi connectivity index (χ4n) is 7.36. The summed E-state index contributed by atoms with van der Waals surface area (Å²) in [4.78, 5) is 56.9. The Kier molecular flexibility index (Phi) is 9.34. The average molecular weight is 596 g/mol. The van der Waals surface area contributed by atoms with E-state index in [-0.39, 0.29) is 36.8 Å². The Balaban J connectivity index is 1.38. The quantitative estimate of drug-likeness (QED) is 0.418. The molecule has 0 radical (unpaired) electrons. The van der Waals surface area contributed by atoms with Crippen molar-refractivity contribution in [2.75, 3.05) is 19.6 Å². The summed E-state index contributed by atoms with van der Waals surface area (Å²) in [6.07, 6.45) is 11.9. The Morgan fingerprint density at radius 3 is 2.65 bits per heavy atom. The first-order valence-electron chi connectivity index (χ1n) is 16.2. The van der Waals surface area contributed by atoms with Gasteiger partial charge in [-0.1, -0.05) is 45.3 Å². The van der Waals surface area contributed by atoms with Crippen molar-refractivity contribution in [1.29, 1.82) is 0 Å². The molecule has 0 spiro atoms. The maximum atomic E-state index is 14.1. The van der Waals surface area contributed by atoms with Gasteiger partial charge in [0.05, 0.1) is 12.6 Å². The zero-order chi connectivity index (χ0) is 30.9. The van der Waals surface area contributed by atoms with Crippen LogP contribution in [0.15, 0.2) is 35.5 Å². The highest BCUT2D eigenvalue weighted by atomic mass is 16.6. The van der Waals surface area contributed by atoms with Crippen molar-refractivity contribution in [3.05, 3.63) is 35.5 Å². The molecule has 3 aliphatic heterocycles.